The predicted molar refractivity (Wildman–Crippen MR) is 67.0 cm³/mol. The average molecular weight is 226 g/mol. The van der Waals surface area contributed by atoms with Crippen molar-refractivity contribution in [3.8, 4) is 0 Å². The number of guanidine groups is 2. The summed E-state index contributed by atoms with van der Waals surface area (Å²) in [6.45, 7) is 5.78. The van der Waals surface area contributed by atoms with Gasteiger partial charge in [0.2, 0.25) is 11.9 Å². The summed E-state index contributed by atoms with van der Waals surface area (Å²) in [6.07, 6.45) is 1.40. The lowest BCUT2D eigenvalue weighted by Gasteiger charge is -2.16. The van der Waals surface area contributed by atoms with Gasteiger partial charge in [0.15, 0.2) is 0 Å². The lowest BCUT2D eigenvalue weighted by atomic mass is 9.91. The first-order valence-corrected chi connectivity index (χ1v) is 4.52. The number of rotatable bonds is 3. The second-order valence-electron chi connectivity index (χ2n) is 4.03. The molecule has 0 rings (SSSR count). The SMILES string of the molecule is CC(C)(C)C(/C=N/N=C(N)N)=N/N=C(N)N. The van der Waals surface area contributed by atoms with Crippen LogP contribution in [0.2, 0.25) is 0 Å². The molecule has 0 aromatic rings. The molecular weight excluding hydrogens is 208 g/mol. The highest BCUT2D eigenvalue weighted by Gasteiger charge is 2.17. The van der Waals surface area contributed by atoms with Crippen LogP contribution in [0.15, 0.2) is 20.4 Å². The Morgan fingerprint density at radius 3 is 1.75 bits per heavy atom. The number of hydrogen-bond donors (Lipinski definition) is 4. The van der Waals surface area contributed by atoms with Crippen LogP contribution in [0.4, 0.5) is 0 Å². The fraction of sp³-hybridized carbons (Fsp3) is 0.500. The van der Waals surface area contributed by atoms with Crippen molar-refractivity contribution in [1.29, 1.82) is 0 Å². The van der Waals surface area contributed by atoms with Gasteiger partial charge in [-0.3, -0.25) is 0 Å². The number of hydrogen-bond acceptors (Lipinski definition) is 4. The average Bonchev–Trinajstić information content (AvgIpc) is 2.07. The second kappa shape index (κ2) is 5.69. The monoisotopic (exact) mass is 226 g/mol. The molecule has 0 unspecified atom stereocenters. The van der Waals surface area contributed by atoms with Crippen LogP contribution in [0, 0.1) is 5.41 Å². The maximum absolute atomic E-state index is 5.17. The van der Waals surface area contributed by atoms with Crippen LogP contribution in [-0.4, -0.2) is 23.8 Å². The number of nitrogens with two attached hydrogens (primary N) is 4. The van der Waals surface area contributed by atoms with Gasteiger partial charge in [-0.15, -0.1) is 15.3 Å². The molecule has 0 heterocycles. The van der Waals surface area contributed by atoms with Crippen molar-refractivity contribution in [2.24, 2.45) is 48.8 Å². The summed E-state index contributed by atoms with van der Waals surface area (Å²) in [5.41, 5.74) is 20.8. The molecule has 0 bridgehead atoms. The van der Waals surface area contributed by atoms with Crippen LogP contribution in [0.1, 0.15) is 20.8 Å². The molecule has 0 aliphatic heterocycles. The first kappa shape index (κ1) is 13.9. The Kier molecular flexibility index (Phi) is 4.93. The summed E-state index contributed by atoms with van der Waals surface area (Å²) in [6, 6.07) is 0. The van der Waals surface area contributed by atoms with E-state index in [1.807, 2.05) is 20.8 Å². The van der Waals surface area contributed by atoms with E-state index >= 15 is 0 Å². The fourth-order valence-electron chi connectivity index (χ4n) is 0.631. The second-order valence-corrected chi connectivity index (χ2v) is 4.03. The van der Waals surface area contributed by atoms with Crippen molar-refractivity contribution < 1.29 is 0 Å². The molecule has 8 heteroatoms. The summed E-state index contributed by atoms with van der Waals surface area (Å²) in [5, 5.41) is 14.5. The molecule has 0 aliphatic carbocycles. The van der Waals surface area contributed by atoms with Gasteiger partial charge < -0.3 is 22.9 Å². The van der Waals surface area contributed by atoms with Gasteiger partial charge in [-0.2, -0.15) is 5.10 Å². The van der Waals surface area contributed by atoms with E-state index in [9.17, 15) is 0 Å². The zero-order valence-corrected chi connectivity index (χ0v) is 9.68. The third-order valence-electron chi connectivity index (χ3n) is 1.39. The van der Waals surface area contributed by atoms with Crippen LogP contribution in [0.5, 0.6) is 0 Å². The Hall–Kier alpha value is -2.12. The Morgan fingerprint density at radius 1 is 0.875 bits per heavy atom. The van der Waals surface area contributed by atoms with Gasteiger partial charge in [0.25, 0.3) is 0 Å². The quantitative estimate of drug-likeness (QED) is 0.274. The standard InChI is InChI=1S/C8H18N8/c1-8(2,3)5(14-16-7(11)12)4-13-15-6(9)10/h4H,1-3H3,(H4,9,10,15)(H4,11,12,16)/b13-4+,14-5+. The van der Waals surface area contributed by atoms with Crippen molar-refractivity contribution in [3.05, 3.63) is 0 Å². The minimum absolute atomic E-state index is 0.128. The van der Waals surface area contributed by atoms with Crippen LogP contribution in [0.3, 0.4) is 0 Å². The maximum Gasteiger partial charge on any atom is 0.211 e. The molecule has 0 fully saturated rings. The molecule has 0 aromatic heterocycles. The van der Waals surface area contributed by atoms with Gasteiger partial charge >= 0.3 is 0 Å². The summed E-state index contributed by atoms with van der Waals surface area (Å²) in [4.78, 5) is 0. The highest BCUT2D eigenvalue weighted by Crippen LogP contribution is 2.15. The third kappa shape index (κ3) is 6.35. The largest absolute Gasteiger partial charge is 0.369 e. The van der Waals surface area contributed by atoms with Crippen LogP contribution in [-0.2, 0) is 0 Å². The van der Waals surface area contributed by atoms with Gasteiger partial charge in [-0.05, 0) is 0 Å². The van der Waals surface area contributed by atoms with E-state index in [2.05, 4.69) is 20.4 Å². The molecule has 90 valence electrons. The molecule has 0 saturated carbocycles. The predicted octanol–water partition coefficient (Wildman–Crippen LogP) is -1.08. The van der Waals surface area contributed by atoms with E-state index in [0.717, 1.165) is 0 Å². The Balaban J connectivity index is 4.99. The van der Waals surface area contributed by atoms with Crippen LogP contribution < -0.4 is 22.9 Å². The van der Waals surface area contributed by atoms with Crippen molar-refractivity contribution >= 4 is 23.8 Å². The summed E-state index contributed by atoms with van der Waals surface area (Å²) in [7, 11) is 0. The third-order valence-corrected chi connectivity index (χ3v) is 1.39. The Morgan fingerprint density at radius 2 is 1.38 bits per heavy atom. The maximum atomic E-state index is 5.17. The molecule has 0 aromatic carbocycles. The molecule has 0 amide bonds. The van der Waals surface area contributed by atoms with Gasteiger partial charge in [-0.1, -0.05) is 20.8 Å². The molecule has 8 N–H and O–H groups in total. The van der Waals surface area contributed by atoms with Gasteiger partial charge in [-0.25, -0.2) is 0 Å². The lowest BCUT2D eigenvalue weighted by Crippen LogP contribution is -2.25. The minimum atomic E-state index is -0.276. The molecule has 0 spiro atoms. The zero-order chi connectivity index (χ0) is 12.8. The number of nitrogens with zero attached hydrogens (tertiary/aromatic N) is 4. The summed E-state index contributed by atoms with van der Waals surface area (Å²) >= 11 is 0. The van der Waals surface area contributed by atoms with E-state index in [1.165, 1.54) is 6.21 Å². The summed E-state index contributed by atoms with van der Waals surface area (Å²) < 4.78 is 0. The lowest BCUT2D eigenvalue weighted by molar-refractivity contribution is 0.596. The molecule has 16 heavy (non-hydrogen) atoms. The van der Waals surface area contributed by atoms with E-state index in [-0.39, 0.29) is 17.3 Å². The van der Waals surface area contributed by atoms with Gasteiger partial charge in [0, 0.05) is 5.41 Å². The molecule has 0 saturated heterocycles. The first-order chi connectivity index (χ1) is 7.23. The molecule has 0 atom stereocenters. The fourth-order valence-corrected chi connectivity index (χ4v) is 0.631. The zero-order valence-electron chi connectivity index (χ0n) is 9.68. The molecule has 0 radical (unpaired) electrons. The van der Waals surface area contributed by atoms with Gasteiger partial charge in [0.1, 0.15) is 0 Å². The van der Waals surface area contributed by atoms with Crippen molar-refractivity contribution in [3.63, 3.8) is 0 Å². The molecular formula is C8H18N8. The van der Waals surface area contributed by atoms with E-state index < -0.39 is 0 Å². The smallest absolute Gasteiger partial charge is 0.211 e. The van der Waals surface area contributed by atoms with Crippen LogP contribution >= 0.6 is 0 Å². The van der Waals surface area contributed by atoms with Crippen LogP contribution in [0.25, 0.3) is 0 Å². The van der Waals surface area contributed by atoms with Crippen molar-refractivity contribution in [2.45, 2.75) is 20.8 Å². The molecule has 8 nitrogen and oxygen atoms in total. The summed E-state index contributed by atoms with van der Waals surface area (Å²) in [5.74, 6) is -0.261. The molecule has 0 aliphatic rings. The highest BCUT2D eigenvalue weighted by atomic mass is 15.3. The van der Waals surface area contributed by atoms with Gasteiger partial charge in [0.05, 0.1) is 11.9 Å². The van der Waals surface area contributed by atoms with Crippen molar-refractivity contribution in [1.82, 2.24) is 0 Å². The normalized spacial score (nSPS) is 12.6. The van der Waals surface area contributed by atoms with E-state index in [4.69, 9.17) is 22.9 Å². The topological polar surface area (TPSA) is 154 Å². The Labute approximate surface area is 94.2 Å². The van der Waals surface area contributed by atoms with E-state index in [1.54, 1.807) is 0 Å². The highest BCUT2D eigenvalue weighted by molar-refractivity contribution is 6.32. The first-order valence-electron chi connectivity index (χ1n) is 4.52. The van der Waals surface area contributed by atoms with Crippen molar-refractivity contribution in [2.75, 3.05) is 0 Å². The Bertz CT molecular complexity index is 336. The van der Waals surface area contributed by atoms with E-state index in [0.29, 0.717) is 5.71 Å². The minimum Gasteiger partial charge on any atom is -0.369 e.